The number of hydrogen-bond donors (Lipinski definition) is 10. The SMILES string of the molecule is CC(C)[C@H](NC(=O)C1CSSC[C@@H](NC(=O)[C@@H](N)Cc2ccc(O)cc2)C(=O)N[C@@H](Cc2ccccc2)C(=O)NC(CC(=O)O)C(=O)N1)C(=O)NCC(N)=O. The average Bonchev–Trinajstić information content (AvgIpc) is 3.13. The molecule has 0 bridgehead atoms. The Bertz CT molecular complexity index is 1700. The number of carboxylic acid groups (broad SMARTS) is 1. The fraction of sp³-hybridized carbons (Fsp3) is 0.429. The number of amides is 7. The number of phenolic OH excluding ortho intramolecular Hbond substituents is 1. The number of carboxylic acids is 1. The highest BCUT2D eigenvalue weighted by Gasteiger charge is 2.35. The molecule has 2 aromatic rings. The molecule has 1 saturated heterocycles. The minimum absolute atomic E-state index is 0.0285. The summed E-state index contributed by atoms with van der Waals surface area (Å²) in [6.07, 6.45) is -0.898. The van der Waals surface area contributed by atoms with Crippen LogP contribution in [0.5, 0.6) is 5.75 Å². The molecule has 6 atom stereocenters. The molecule has 0 radical (unpaired) electrons. The van der Waals surface area contributed by atoms with Crippen LogP contribution >= 0.6 is 21.6 Å². The van der Waals surface area contributed by atoms with E-state index in [2.05, 4.69) is 31.9 Å². The fourth-order valence-corrected chi connectivity index (χ4v) is 7.52. The molecule has 55 heavy (non-hydrogen) atoms. The zero-order valence-corrected chi connectivity index (χ0v) is 31.7. The normalized spacial score (nSPS) is 20.7. The van der Waals surface area contributed by atoms with Crippen molar-refractivity contribution in [3.8, 4) is 5.75 Å². The maximum Gasteiger partial charge on any atom is 0.305 e. The summed E-state index contributed by atoms with van der Waals surface area (Å²) in [6, 6.07) is 6.63. The van der Waals surface area contributed by atoms with Gasteiger partial charge in [0.1, 0.15) is 36.0 Å². The number of primary amides is 1. The van der Waals surface area contributed by atoms with E-state index >= 15 is 0 Å². The highest BCUT2D eigenvalue weighted by atomic mass is 33.1. The van der Waals surface area contributed by atoms with Crippen LogP contribution in [0, 0.1) is 5.92 Å². The summed E-state index contributed by atoms with van der Waals surface area (Å²) in [5, 5.41) is 34.2. The van der Waals surface area contributed by atoms with E-state index in [0.717, 1.165) is 21.6 Å². The van der Waals surface area contributed by atoms with Crippen LogP contribution in [-0.2, 0) is 51.2 Å². The van der Waals surface area contributed by atoms with Crippen molar-refractivity contribution in [2.45, 2.75) is 69.4 Å². The van der Waals surface area contributed by atoms with Crippen molar-refractivity contribution in [3.05, 3.63) is 65.7 Å². The number of nitrogens with two attached hydrogens (primary N) is 2. The lowest BCUT2D eigenvalue weighted by Crippen LogP contribution is -2.61. The Kier molecular flexibility index (Phi) is 17.2. The molecule has 0 spiro atoms. The Hall–Kier alpha value is -5.34. The number of phenols is 1. The van der Waals surface area contributed by atoms with Crippen LogP contribution in [-0.4, -0.2) is 112 Å². The number of carbonyl (C=O) groups is 8. The maximum atomic E-state index is 13.8. The smallest absolute Gasteiger partial charge is 0.305 e. The van der Waals surface area contributed by atoms with Crippen molar-refractivity contribution in [1.82, 2.24) is 31.9 Å². The van der Waals surface area contributed by atoms with Gasteiger partial charge in [0.2, 0.25) is 41.4 Å². The zero-order chi connectivity index (χ0) is 40.7. The molecule has 0 aromatic heterocycles. The van der Waals surface area contributed by atoms with Gasteiger partial charge in [-0.25, -0.2) is 0 Å². The first-order valence-electron chi connectivity index (χ1n) is 17.2. The molecule has 298 valence electrons. The second kappa shape index (κ2) is 21.5. The van der Waals surface area contributed by atoms with Crippen LogP contribution in [0.4, 0.5) is 0 Å². The molecule has 7 amide bonds. The van der Waals surface area contributed by atoms with Gasteiger partial charge in [-0.05, 0) is 35.6 Å². The Labute approximate surface area is 324 Å². The topological polar surface area (TPSA) is 301 Å². The molecule has 1 aliphatic heterocycles. The minimum Gasteiger partial charge on any atom is -0.508 e. The molecule has 18 nitrogen and oxygen atoms in total. The molecule has 2 aromatic carbocycles. The first kappa shape index (κ1) is 44.1. The van der Waals surface area contributed by atoms with Gasteiger partial charge in [0.05, 0.1) is 19.0 Å². The summed E-state index contributed by atoms with van der Waals surface area (Å²) < 4.78 is 0. The number of aliphatic carboxylic acids is 1. The van der Waals surface area contributed by atoms with Gasteiger partial charge in [-0.15, -0.1) is 0 Å². The number of nitrogens with one attached hydrogen (secondary N) is 6. The summed E-state index contributed by atoms with van der Waals surface area (Å²) in [4.78, 5) is 104. The van der Waals surface area contributed by atoms with Crippen molar-refractivity contribution in [2.24, 2.45) is 17.4 Å². The van der Waals surface area contributed by atoms with Crippen LogP contribution in [0.15, 0.2) is 54.6 Å². The molecule has 1 heterocycles. The van der Waals surface area contributed by atoms with Crippen molar-refractivity contribution in [3.63, 3.8) is 0 Å². The van der Waals surface area contributed by atoms with Crippen LogP contribution in [0.1, 0.15) is 31.4 Å². The molecule has 1 fully saturated rings. The molecule has 0 saturated carbocycles. The van der Waals surface area contributed by atoms with Crippen molar-refractivity contribution >= 4 is 68.9 Å². The number of benzene rings is 2. The van der Waals surface area contributed by atoms with E-state index in [1.807, 2.05) is 0 Å². The molecule has 12 N–H and O–H groups in total. The van der Waals surface area contributed by atoms with E-state index in [1.54, 1.807) is 56.3 Å². The molecule has 20 heteroatoms. The first-order chi connectivity index (χ1) is 26.0. The zero-order valence-electron chi connectivity index (χ0n) is 30.1. The lowest BCUT2D eigenvalue weighted by Gasteiger charge is -2.28. The summed E-state index contributed by atoms with van der Waals surface area (Å²) in [5.74, 6) is -7.96. The van der Waals surface area contributed by atoms with Crippen LogP contribution < -0.4 is 43.4 Å². The van der Waals surface area contributed by atoms with Gasteiger partial charge in [-0.1, -0.05) is 77.9 Å². The summed E-state index contributed by atoms with van der Waals surface area (Å²) in [6.45, 7) is 2.77. The highest BCUT2D eigenvalue weighted by molar-refractivity contribution is 8.76. The summed E-state index contributed by atoms with van der Waals surface area (Å²) in [5.41, 5.74) is 12.6. The van der Waals surface area contributed by atoms with Gasteiger partial charge in [-0.3, -0.25) is 38.4 Å². The molecule has 1 aliphatic rings. The summed E-state index contributed by atoms with van der Waals surface area (Å²) >= 11 is 0. The van der Waals surface area contributed by atoms with Gasteiger partial charge >= 0.3 is 5.97 Å². The molecule has 0 aliphatic carbocycles. The van der Waals surface area contributed by atoms with Gasteiger partial charge in [0.15, 0.2) is 0 Å². The maximum absolute atomic E-state index is 13.8. The van der Waals surface area contributed by atoms with E-state index in [-0.39, 0.29) is 30.1 Å². The average molecular weight is 803 g/mol. The Balaban J connectivity index is 1.93. The van der Waals surface area contributed by atoms with Crippen LogP contribution in [0.25, 0.3) is 0 Å². The number of hydrogen-bond acceptors (Lipinski definition) is 12. The van der Waals surface area contributed by atoms with E-state index in [1.165, 1.54) is 12.1 Å². The van der Waals surface area contributed by atoms with E-state index in [0.29, 0.717) is 11.1 Å². The van der Waals surface area contributed by atoms with E-state index in [4.69, 9.17) is 11.5 Å². The second-order valence-electron chi connectivity index (χ2n) is 13.0. The fourth-order valence-electron chi connectivity index (χ4n) is 5.19. The molecular formula is C35H46N8O10S2. The van der Waals surface area contributed by atoms with Crippen molar-refractivity contribution in [1.29, 1.82) is 0 Å². The molecule has 3 rings (SSSR count). The van der Waals surface area contributed by atoms with E-state index in [9.17, 15) is 48.6 Å². The third-order valence-corrected chi connectivity index (χ3v) is 10.6. The van der Waals surface area contributed by atoms with Gasteiger partial charge < -0.3 is 53.6 Å². The Morgan fingerprint density at radius 2 is 1.45 bits per heavy atom. The lowest BCUT2D eigenvalue weighted by atomic mass is 10.0. The Morgan fingerprint density at radius 3 is 2.07 bits per heavy atom. The van der Waals surface area contributed by atoms with Gasteiger partial charge in [0, 0.05) is 17.9 Å². The number of carbonyl (C=O) groups excluding carboxylic acids is 7. The highest BCUT2D eigenvalue weighted by Crippen LogP contribution is 2.24. The van der Waals surface area contributed by atoms with Crippen molar-refractivity contribution in [2.75, 3.05) is 18.1 Å². The number of rotatable bonds is 14. The summed E-state index contributed by atoms with van der Waals surface area (Å²) in [7, 11) is 2.08. The van der Waals surface area contributed by atoms with Gasteiger partial charge in [0.25, 0.3) is 0 Å². The number of aromatic hydroxyl groups is 1. The minimum atomic E-state index is -1.70. The third-order valence-electron chi connectivity index (χ3n) is 8.16. The lowest BCUT2D eigenvalue weighted by molar-refractivity contribution is -0.141. The second-order valence-corrected chi connectivity index (χ2v) is 15.5. The largest absolute Gasteiger partial charge is 0.508 e. The monoisotopic (exact) mass is 802 g/mol. The van der Waals surface area contributed by atoms with Crippen LogP contribution in [0.3, 0.4) is 0 Å². The van der Waals surface area contributed by atoms with Crippen molar-refractivity contribution < 1.29 is 48.6 Å². The molecular weight excluding hydrogens is 757 g/mol. The van der Waals surface area contributed by atoms with Gasteiger partial charge in [-0.2, -0.15) is 0 Å². The third kappa shape index (κ3) is 14.8. The standard InChI is InChI=1S/C35H46N8O10S2/c1-18(2)29(35(53)38-15-27(37)45)43-34(52)26-17-55-54-16-25(41-30(48)22(36)12-20-8-10-21(44)11-9-20)33(51)39-23(13-19-6-4-3-5-7-19)31(49)40-24(14-28(46)47)32(50)42-26/h3-11,18,22-26,29,44H,12-17,36H2,1-2H3,(H2,37,45)(H,38,53)(H,39,51)(H,40,49)(H,41,48)(H,42,50)(H,43,52)(H,46,47)/t22-,23-,24?,25+,26?,29-/m0/s1. The quantitative estimate of drug-likeness (QED) is 0.0932. The van der Waals surface area contributed by atoms with Crippen LogP contribution in [0.2, 0.25) is 0 Å². The molecule has 2 unspecified atom stereocenters. The first-order valence-corrected chi connectivity index (χ1v) is 19.6. The van der Waals surface area contributed by atoms with E-state index < -0.39 is 102 Å². The predicted octanol–water partition coefficient (Wildman–Crippen LogP) is -1.94. The Morgan fingerprint density at radius 1 is 0.836 bits per heavy atom. The predicted molar refractivity (Wildman–Crippen MR) is 204 cm³/mol.